The lowest BCUT2D eigenvalue weighted by molar-refractivity contribution is 0.0792. The quantitative estimate of drug-likeness (QED) is 0.525. The number of piperidine rings is 1. The van der Waals surface area contributed by atoms with Gasteiger partial charge < -0.3 is 15.7 Å². The standard InChI is InChI=1S/C20H32N4OS/c1-21-20(23-14-19-3-2-12-26-19)22-13-16-4-6-17(7-5-16)15-24-10-8-18(25)9-11-24/h4-7,18-19,25H,2-3,8-15H2,1H3,(H2,21,22,23). The predicted octanol–water partition coefficient (Wildman–Crippen LogP) is 2.20. The summed E-state index contributed by atoms with van der Waals surface area (Å²) in [5, 5.41) is 17.2. The van der Waals surface area contributed by atoms with Crippen LogP contribution in [0.4, 0.5) is 0 Å². The molecule has 0 aliphatic carbocycles. The Morgan fingerprint density at radius 3 is 2.54 bits per heavy atom. The highest BCUT2D eigenvalue weighted by atomic mass is 32.2. The van der Waals surface area contributed by atoms with Crippen molar-refractivity contribution in [1.82, 2.24) is 15.5 Å². The third kappa shape index (κ3) is 6.18. The topological polar surface area (TPSA) is 59.9 Å². The van der Waals surface area contributed by atoms with E-state index in [1.807, 2.05) is 7.05 Å². The maximum Gasteiger partial charge on any atom is 0.191 e. The highest BCUT2D eigenvalue weighted by Gasteiger charge is 2.17. The molecule has 5 nitrogen and oxygen atoms in total. The molecule has 1 atom stereocenters. The fourth-order valence-electron chi connectivity index (χ4n) is 3.52. The first-order chi connectivity index (χ1) is 12.7. The first-order valence-corrected chi connectivity index (χ1v) is 10.8. The summed E-state index contributed by atoms with van der Waals surface area (Å²) in [5.41, 5.74) is 2.60. The van der Waals surface area contributed by atoms with Crippen LogP contribution in [0.15, 0.2) is 29.3 Å². The summed E-state index contributed by atoms with van der Waals surface area (Å²) in [5.74, 6) is 2.18. The second kappa shape index (κ2) is 10.2. The zero-order valence-electron chi connectivity index (χ0n) is 15.8. The van der Waals surface area contributed by atoms with E-state index in [-0.39, 0.29) is 6.10 Å². The highest BCUT2D eigenvalue weighted by molar-refractivity contribution is 8.00. The van der Waals surface area contributed by atoms with Gasteiger partial charge in [0.05, 0.1) is 6.10 Å². The van der Waals surface area contributed by atoms with Crippen molar-refractivity contribution in [2.45, 2.75) is 50.1 Å². The minimum absolute atomic E-state index is 0.102. The van der Waals surface area contributed by atoms with Gasteiger partial charge in [-0.05, 0) is 42.6 Å². The third-order valence-corrected chi connectivity index (χ3v) is 6.59. The predicted molar refractivity (Wildman–Crippen MR) is 111 cm³/mol. The van der Waals surface area contributed by atoms with E-state index in [0.717, 1.165) is 56.8 Å². The van der Waals surface area contributed by atoms with Gasteiger partial charge in [-0.3, -0.25) is 9.89 Å². The van der Waals surface area contributed by atoms with Gasteiger partial charge in [0.25, 0.3) is 0 Å². The van der Waals surface area contributed by atoms with Gasteiger partial charge in [0, 0.05) is 45.0 Å². The number of hydrogen-bond acceptors (Lipinski definition) is 4. The summed E-state index contributed by atoms with van der Waals surface area (Å²) >= 11 is 2.06. The molecule has 1 aromatic rings. The Labute approximate surface area is 161 Å². The van der Waals surface area contributed by atoms with E-state index in [2.05, 4.69) is 56.6 Å². The molecule has 0 spiro atoms. The monoisotopic (exact) mass is 376 g/mol. The fraction of sp³-hybridized carbons (Fsp3) is 0.650. The summed E-state index contributed by atoms with van der Waals surface area (Å²) in [6.45, 7) is 4.74. The number of rotatable bonds is 6. The molecule has 26 heavy (non-hydrogen) atoms. The second-order valence-corrected chi connectivity index (χ2v) is 8.67. The average Bonchev–Trinajstić information content (AvgIpc) is 3.18. The molecular weight excluding hydrogens is 344 g/mol. The van der Waals surface area contributed by atoms with Crippen LogP contribution in [0, 0.1) is 0 Å². The number of guanidine groups is 1. The van der Waals surface area contributed by atoms with Crippen molar-refractivity contribution in [2.24, 2.45) is 4.99 Å². The second-order valence-electron chi connectivity index (χ2n) is 7.27. The van der Waals surface area contributed by atoms with Crippen molar-refractivity contribution in [3.63, 3.8) is 0 Å². The zero-order chi connectivity index (χ0) is 18.2. The first kappa shape index (κ1) is 19.5. The van der Waals surface area contributed by atoms with Crippen molar-refractivity contribution in [2.75, 3.05) is 32.4 Å². The molecule has 0 radical (unpaired) electrons. The van der Waals surface area contributed by atoms with Crippen molar-refractivity contribution < 1.29 is 5.11 Å². The van der Waals surface area contributed by atoms with Crippen LogP contribution >= 0.6 is 11.8 Å². The van der Waals surface area contributed by atoms with Gasteiger partial charge in [-0.25, -0.2) is 0 Å². The lowest BCUT2D eigenvalue weighted by Gasteiger charge is -2.29. The molecule has 144 valence electrons. The van der Waals surface area contributed by atoms with Crippen molar-refractivity contribution in [3.8, 4) is 0 Å². The maximum atomic E-state index is 9.60. The van der Waals surface area contributed by atoms with Crippen LogP contribution in [0.5, 0.6) is 0 Å². The Morgan fingerprint density at radius 2 is 1.88 bits per heavy atom. The van der Waals surface area contributed by atoms with Crippen molar-refractivity contribution in [1.29, 1.82) is 0 Å². The van der Waals surface area contributed by atoms with E-state index in [9.17, 15) is 5.11 Å². The number of aliphatic hydroxyl groups excluding tert-OH is 1. The molecule has 3 N–H and O–H groups in total. The minimum atomic E-state index is -0.102. The smallest absolute Gasteiger partial charge is 0.191 e. The Morgan fingerprint density at radius 1 is 1.15 bits per heavy atom. The molecule has 6 heteroatoms. The zero-order valence-corrected chi connectivity index (χ0v) is 16.6. The molecule has 2 heterocycles. The summed E-state index contributed by atoms with van der Waals surface area (Å²) in [6, 6.07) is 8.82. The van der Waals surface area contributed by atoms with Crippen LogP contribution in [-0.4, -0.2) is 59.8 Å². The molecule has 3 rings (SSSR count). The Balaban J connectivity index is 1.40. The summed E-state index contributed by atoms with van der Waals surface area (Å²) in [6.07, 6.45) is 4.34. The van der Waals surface area contributed by atoms with Gasteiger partial charge in [-0.2, -0.15) is 11.8 Å². The van der Waals surface area contributed by atoms with E-state index < -0.39 is 0 Å². The molecule has 2 fully saturated rings. The molecule has 2 saturated heterocycles. The van der Waals surface area contributed by atoms with Gasteiger partial charge in [0.15, 0.2) is 5.96 Å². The van der Waals surface area contributed by atoms with E-state index >= 15 is 0 Å². The molecule has 2 aliphatic heterocycles. The number of aliphatic imine (C=N–C) groups is 1. The summed E-state index contributed by atoms with van der Waals surface area (Å²) in [7, 11) is 1.83. The molecule has 0 aromatic heterocycles. The number of benzene rings is 1. The molecule has 0 saturated carbocycles. The number of thioether (sulfide) groups is 1. The van der Waals surface area contributed by atoms with E-state index in [4.69, 9.17) is 0 Å². The number of nitrogens with zero attached hydrogens (tertiary/aromatic N) is 2. The summed E-state index contributed by atoms with van der Waals surface area (Å²) in [4.78, 5) is 6.75. The number of aliphatic hydroxyl groups is 1. The number of nitrogens with one attached hydrogen (secondary N) is 2. The fourth-order valence-corrected chi connectivity index (χ4v) is 4.72. The SMILES string of the molecule is CN=C(NCc1ccc(CN2CCC(O)CC2)cc1)NCC1CCCS1. The van der Waals surface area contributed by atoms with Crippen LogP contribution in [0.1, 0.15) is 36.8 Å². The number of hydrogen-bond donors (Lipinski definition) is 3. The Hall–Kier alpha value is -1.24. The lowest BCUT2D eigenvalue weighted by Crippen LogP contribution is -2.39. The average molecular weight is 377 g/mol. The molecular formula is C20H32N4OS. The molecule has 0 bridgehead atoms. The van der Waals surface area contributed by atoms with Gasteiger partial charge in [0.2, 0.25) is 0 Å². The van der Waals surface area contributed by atoms with Crippen molar-refractivity contribution >= 4 is 17.7 Å². The van der Waals surface area contributed by atoms with E-state index in [1.54, 1.807) is 0 Å². The molecule has 1 aromatic carbocycles. The van der Waals surface area contributed by atoms with Crippen LogP contribution in [0.25, 0.3) is 0 Å². The molecule has 1 unspecified atom stereocenters. The van der Waals surface area contributed by atoms with Crippen LogP contribution in [0.3, 0.4) is 0 Å². The largest absolute Gasteiger partial charge is 0.393 e. The number of likely N-dealkylation sites (tertiary alicyclic amines) is 1. The molecule has 2 aliphatic rings. The maximum absolute atomic E-state index is 9.60. The van der Waals surface area contributed by atoms with Gasteiger partial charge in [-0.1, -0.05) is 24.3 Å². The Bertz CT molecular complexity index is 564. The van der Waals surface area contributed by atoms with Crippen LogP contribution in [0.2, 0.25) is 0 Å². The van der Waals surface area contributed by atoms with Crippen LogP contribution < -0.4 is 10.6 Å². The summed E-state index contributed by atoms with van der Waals surface area (Å²) < 4.78 is 0. The highest BCUT2D eigenvalue weighted by Crippen LogP contribution is 2.25. The van der Waals surface area contributed by atoms with E-state index in [1.165, 1.54) is 29.7 Å². The van der Waals surface area contributed by atoms with Gasteiger partial charge in [-0.15, -0.1) is 0 Å². The van der Waals surface area contributed by atoms with Gasteiger partial charge >= 0.3 is 0 Å². The third-order valence-electron chi connectivity index (χ3n) is 5.19. The van der Waals surface area contributed by atoms with Gasteiger partial charge in [0.1, 0.15) is 0 Å². The first-order valence-electron chi connectivity index (χ1n) is 9.77. The van der Waals surface area contributed by atoms with Crippen LogP contribution in [-0.2, 0) is 13.1 Å². The minimum Gasteiger partial charge on any atom is -0.393 e. The normalized spacial score (nSPS) is 22.5. The van der Waals surface area contributed by atoms with Crippen molar-refractivity contribution in [3.05, 3.63) is 35.4 Å². The Kier molecular flexibility index (Phi) is 7.65. The van der Waals surface area contributed by atoms with E-state index in [0.29, 0.717) is 0 Å². The lowest BCUT2D eigenvalue weighted by atomic mass is 10.1. The molecule has 0 amide bonds.